The van der Waals surface area contributed by atoms with Gasteiger partial charge in [0.2, 0.25) is 5.91 Å². The predicted molar refractivity (Wildman–Crippen MR) is 115 cm³/mol. The van der Waals surface area contributed by atoms with Crippen molar-refractivity contribution < 1.29 is 18.7 Å². The van der Waals surface area contributed by atoms with Crippen LogP contribution in [0.4, 0.5) is 4.39 Å². The van der Waals surface area contributed by atoms with E-state index in [1.165, 1.54) is 12.1 Å². The number of piperidine rings is 1. The van der Waals surface area contributed by atoms with Gasteiger partial charge in [-0.15, -0.1) is 0 Å². The SMILES string of the molecule is CC(C)Cc1cc(C(=O)N2CCCC(COc3ccc(F)cc3)(CC(N)=O)C2)n(C)n1. The summed E-state index contributed by atoms with van der Waals surface area (Å²) >= 11 is 0. The summed E-state index contributed by atoms with van der Waals surface area (Å²) in [6, 6.07) is 7.59. The first-order chi connectivity index (χ1) is 14.7. The summed E-state index contributed by atoms with van der Waals surface area (Å²) in [4.78, 5) is 26.9. The lowest BCUT2D eigenvalue weighted by Crippen LogP contribution is -2.50. The van der Waals surface area contributed by atoms with Gasteiger partial charge in [0.1, 0.15) is 17.3 Å². The van der Waals surface area contributed by atoms with Crippen LogP contribution in [-0.2, 0) is 18.3 Å². The highest BCUT2D eigenvalue weighted by Crippen LogP contribution is 2.35. The van der Waals surface area contributed by atoms with Gasteiger partial charge in [-0.05, 0) is 55.5 Å². The molecule has 7 nitrogen and oxygen atoms in total. The number of carbonyl (C=O) groups is 2. The highest BCUT2D eigenvalue weighted by molar-refractivity contribution is 5.93. The lowest BCUT2D eigenvalue weighted by molar-refractivity contribution is -0.122. The zero-order valence-corrected chi connectivity index (χ0v) is 18.4. The molecule has 31 heavy (non-hydrogen) atoms. The maximum Gasteiger partial charge on any atom is 0.272 e. The van der Waals surface area contributed by atoms with Gasteiger partial charge in [0.15, 0.2) is 0 Å². The van der Waals surface area contributed by atoms with Crippen molar-refractivity contribution >= 4 is 11.8 Å². The molecule has 1 unspecified atom stereocenters. The standard InChI is InChI=1S/C23H31FN4O3/c1-16(2)11-18-12-20(27(3)26-18)22(30)28-10-4-9-23(14-28,13-21(25)29)15-31-19-7-5-17(24)6-8-19/h5-8,12,16H,4,9-11,13-15H2,1-3H3,(H2,25,29). The minimum Gasteiger partial charge on any atom is -0.493 e. The van der Waals surface area contributed by atoms with E-state index in [2.05, 4.69) is 18.9 Å². The molecule has 0 spiro atoms. The number of aryl methyl sites for hydroxylation is 1. The number of likely N-dealkylation sites (tertiary alicyclic amines) is 1. The van der Waals surface area contributed by atoms with Gasteiger partial charge in [0.25, 0.3) is 5.91 Å². The Morgan fingerprint density at radius 2 is 2.00 bits per heavy atom. The first kappa shape index (κ1) is 22.8. The van der Waals surface area contributed by atoms with E-state index in [1.807, 2.05) is 6.07 Å². The van der Waals surface area contributed by atoms with Crippen LogP contribution in [0.2, 0.25) is 0 Å². The van der Waals surface area contributed by atoms with Crippen LogP contribution >= 0.6 is 0 Å². The maximum absolute atomic E-state index is 13.3. The molecule has 2 amide bonds. The number of primary amides is 1. The first-order valence-corrected chi connectivity index (χ1v) is 10.7. The molecule has 3 rings (SSSR count). The molecule has 1 aliphatic rings. The monoisotopic (exact) mass is 430 g/mol. The Bertz CT molecular complexity index is 925. The van der Waals surface area contributed by atoms with E-state index in [0.717, 1.165) is 18.5 Å². The highest BCUT2D eigenvalue weighted by Gasteiger charge is 2.40. The van der Waals surface area contributed by atoms with Crippen LogP contribution in [0.5, 0.6) is 5.75 Å². The Morgan fingerprint density at radius 1 is 1.29 bits per heavy atom. The number of halogens is 1. The van der Waals surface area contributed by atoms with Gasteiger partial charge in [-0.25, -0.2) is 4.39 Å². The summed E-state index contributed by atoms with van der Waals surface area (Å²) in [6.07, 6.45) is 2.37. The number of nitrogens with zero attached hydrogens (tertiary/aromatic N) is 3. The largest absolute Gasteiger partial charge is 0.493 e. The van der Waals surface area contributed by atoms with Crippen molar-refractivity contribution in [2.24, 2.45) is 24.1 Å². The number of amides is 2. The van der Waals surface area contributed by atoms with Crippen LogP contribution in [0.25, 0.3) is 0 Å². The van der Waals surface area contributed by atoms with Gasteiger partial charge in [0, 0.05) is 32.0 Å². The van der Waals surface area contributed by atoms with Gasteiger partial charge in [-0.3, -0.25) is 14.3 Å². The van der Waals surface area contributed by atoms with E-state index in [4.69, 9.17) is 10.5 Å². The van der Waals surface area contributed by atoms with Crippen LogP contribution in [0.3, 0.4) is 0 Å². The number of aromatic nitrogens is 2. The molecule has 1 atom stereocenters. The molecular weight excluding hydrogens is 399 g/mol. The van der Waals surface area contributed by atoms with Crippen molar-refractivity contribution in [1.29, 1.82) is 0 Å². The van der Waals surface area contributed by atoms with Crippen LogP contribution in [0.15, 0.2) is 30.3 Å². The quantitative estimate of drug-likeness (QED) is 0.697. The number of nitrogens with two attached hydrogens (primary N) is 1. The number of rotatable bonds is 8. The zero-order chi connectivity index (χ0) is 22.6. The topological polar surface area (TPSA) is 90.5 Å². The molecule has 2 N–H and O–H groups in total. The smallest absolute Gasteiger partial charge is 0.272 e. The van der Waals surface area contributed by atoms with Gasteiger partial charge >= 0.3 is 0 Å². The molecule has 0 radical (unpaired) electrons. The van der Waals surface area contributed by atoms with Gasteiger partial charge in [-0.2, -0.15) is 5.10 Å². The number of ether oxygens (including phenoxy) is 1. The van der Waals surface area contributed by atoms with Crippen molar-refractivity contribution in [2.45, 2.75) is 39.5 Å². The van der Waals surface area contributed by atoms with E-state index in [9.17, 15) is 14.0 Å². The molecule has 1 saturated heterocycles. The molecular formula is C23H31FN4O3. The molecule has 8 heteroatoms. The Morgan fingerprint density at radius 3 is 2.65 bits per heavy atom. The minimum atomic E-state index is -0.590. The normalized spacial score (nSPS) is 18.9. The first-order valence-electron chi connectivity index (χ1n) is 10.7. The second kappa shape index (κ2) is 9.49. The van der Waals surface area contributed by atoms with Crippen LogP contribution in [0, 0.1) is 17.2 Å². The average molecular weight is 431 g/mol. The molecule has 1 aliphatic heterocycles. The van der Waals surface area contributed by atoms with Crippen molar-refractivity contribution in [2.75, 3.05) is 19.7 Å². The highest BCUT2D eigenvalue weighted by atomic mass is 19.1. The number of benzene rings is 1. The van der Waals surface area contributed by atoms with Crippen LogP contribution in [0.1, 0.15) is 49.3 Å². The molecule has 0 saturated carbocycles. The fourth-order valence-corrected chi connectivity index (χ4v) is 4.24. The third kappa shape index (κ3) is 5.83. The molecule has 1 aromatic carbocycles. The van der Waals surface area contributed by atoms with E-state index < -0.39 is 11.3 Å². The second-order valence-electron chi connectivity index (χ2n) is 8.96. The molecule has 2 heterocycles. The van der Waals surface area contributed by atoms with Crippen molar-refractivity contribution in [3.63, 3.8) is 0 Å². The van der Waals surface area contributed by atoms with Crippen LogP contribution in [-0.4, -0.2) is 46.2 Å². The lowest BCUT2D eigenvalue weighted by atomic mass is 9.77. The summed E-state index contributed by atoms with van der Waals surface area (Å²) in [7, 11) is 1.77. The molecule has 1 aromatic heterocycles. The molecule has 1 fully saturated rings. The van der Waals surface area contributed by atoms with Crippen molar-refractivity contribution in [1.82, 2.24) is 14.7 Å². The number of hydrogen-bond acceptors (Lipinski definition) is 4. The zero-order valence-electron chi connectivity index (χ0n) is 18.4. The van der Waals surface area contributed by atoms with Gasteiger partial charge < -0.3 is 15.4 Å². The van der Waals surface area contributed by atoms with Crippen molar-refractivity contribution in [3.05, 3.63) is 47.5 Å². The summed E-state index contributed by atoms with van der Waals surface area (Å²) in [5.74, 6) is 0.0667. The third-order valence-corrected chi connectivity index (χ3v) is 5.62. The summed E-state index contributed by atoms with van der Waals surface area (Å²) in [6.45, 7) is 5.40. The summed E-state index contributed by atoms with van der Waals surface area (Å²) in [5.41, 5.74) is 6.37. The lowest BCUT2D eigenvalue weighted by Gasteiger charge is -2.42. The summed E-state index contributed by atoms with van der Waals surface area (Å²) < 4.78 is 20.7. The van der Waals surface area contributed by atoms with E-state index in [1.54, 1.807) is 28.8 Å². The van der Waals surface area contributed by atoms with E-state index in [0.29, 0.717) is 36.9 Å². The summed E-state index contributed by atoms with van der Waals surface area (Å²) in [5, 5.41) is 4.47. The third-order valence-electron chi connectivity index (χ3n) is 5.62. The second-order valence-corrected chi connectivity index (χ2v) is 8.96. The molecule has 0 aliphatic carbocycles. The fourth-order valence-electron chi connectivity index (χ4n) is 4.24. The Labute approximate surface area is 182 Å². The van der Waals surface area contributed by atoms with Gasteiger partial charge in [0.05, 0.1) is 12.3 Å². The minimum absolute atomic E-state index is 0.111. The van der Waals surface area contributed by atoms with E-state index in [-0.39, 0.29) is 24.8 Å². The Kier molecular flexibility index (Phi) is 6.97. The Hall–Kier alpha value is -2.90. The average Bonchev–Trinajstić information content (AvgIpc) is 3.06. The molecule has 0 bridgehead atoms. The maximum atomic E-state index is 13.3. The fraction of sp³-hybridized carbons (Fsp3) is 0.522. The van der Waals surface area contributed by atoms with Crippen molar-refractivity contribution in [3.8, 4) is 5.75 Å². The van der Waals surface area contributed by atoms with Crippen LogP contribution < -0.4 is 10.5 Å². The number of carbonyl (C=O) groups excluding carboxylic acids is 2. The molecule has 2 aromatic rings. The molecule has 168 valence electrons. The van der Waals surface area contributed by atoms with E-state index >= 15 is 0 Å². The number of hydrogen-bond donors (Lipinski definition) is 1. The Balaban J connectivity index is 1.76. The predicted octanol–water partition coefficient (Wildman–Crippen LogP) is 2.93. The van der Waals surface area contributed by atoms with Gasteiger partial charge in [-0.1, -0.05) is 13.8 Å².